The van der Waals surface area contributed by atoms with E-state index < -0.39 is 0 Å². The maximum absolute atomic E-state index is 12.6. The lowest BCUT2D eigenvalue weighted by molar-refractivity contribution is 0.0745. The van der Waals surface area contributed by atoms with Crippen molar-refractivity contribution >= 4 is 46.9 Å². The van der Waals surface area contributed by atoms with Gasteiger partial charge in [0.2, 0.25) is 17.5 Å². The fourth-order valence-electron chi connectivity index (χ4n) is 3.11. The summed E-state index contributed by atoms with van der Waals surface area (Å²) < 4.78 is 5.83. The third kappa shape index (κ3) is 4.34. The number of carbonyl (C=O) groups is 1. The number of thiophene rings is 1. The van der Waals surface area contributed by atoms with Crippen molar-refractivity contribution in [3.05, 3.63) is 68.8 Å². The van der Waals surface area contributed by atoms with Gasteiger partial charge in [-0.3, -0.25) is 4.79 Å². The molecule has 0 aliphatic carbocycles. The summed E-state index contributed by atoms with van der Waals surface area (Å²) in [5, 5.41) is 12.0. The number of hydrogen-bond acceptors (Lipinski definition) is 6. The van der Waals surface area contributed by atoms with Gasteiger partial charge < -0.3 is 14.2 Å². The highest BCUT2D eigenvalue weighted by atomic mass is 35.5. The van der Waals surface area contributed by atoms with E-state index in [-0.39, 0.29) is 11.6 Å². The van der Waals surface area contributed by atoms with E-state index in [1.54, 1.807) is 46.6 Å². The van der Waals surface area contributed by atoms with Gasteiger partial charge in [0, 0.05) is 47.7 Å². The Morgan fingerprint density at radius 3 is 2.59 bits per heavy atom. The van der Waals surface area contributed by atoms with Gasteiger partial charge in [0.15, 0.2) is 0 Å². The molecule has 146 valence electrons. The monoisotopic (exact) mass is 424 g/mol. The zero-order valence-electron chi connectivity index (χ0n) is 15.4. The van der Waals surface area contributed by atoms with Crippen molar-refractivity contribution in [2.24, 2.45) is 0 Å². The predicted octanol–water partition coefficient (Wildman–Crippen LogP) is 4.39. The number of rotatable bonds is 4. The van der Waals surface area contributed by atoms with Crippen LogP contribution in [0.25, 0.3) is 12.2 Å². The average Bonchev–Trinajstić information content (AvgIpc) is 3.42. The summed E-state index contributed by atoms with van der Waals surface area (Å²) in [6, 6.07) is 12.9. The van der Waals surface area contributed by atoms with Crippen molar-refractivity contribution in [2.75, 3.05) is 31.1 Å². The van der Waals surface area contributed by atoms with Crippen LogP contribution < -0.4 is 4.90 Å². The van der Waals surface area contributed by atoms with Crippen LogP contribution in [-0.2, 0) is 0 Å². The van der Waals surface area contributed by atoms with Gasteiger partial charge >= 0.3 is 0 Å². The van der Waals surface area contributed by atoms with Crippen LogP contribution in [0.5, 0.6) is 0 Å². The summed E-state index contributed by atoms with van der Waals surface area (Å²) in [4.78, 5) is 21.7. The van der Waals surface area contributed by atoms with E-state index in [2.05, 4.69) is 11.1 Å². The van der Waals surface area contributed by atoms with Gasteiger partial charge in [-0.25, -0.2) is 0 Å². The molecule has 4 rings (SSSR count). The lowest BCUT2D eigenvalue weighted by atomic mass is 10.2. The Morgan fingerprint density at radius 2 is 1.93 bits per heavy atom. The molecule has 0 bridgehead atoms. The second-order valence-corrected chi connectivity index (χ2v) is 7.87. The molecule has 0 saturated carbocycles. The van der Waals surface area contributed by atoms with E-state index >= 15 is 0 Å². The molecule has 0 spiro atoms. The first kappa shape index (κ1) is 19.2. The van der Waals surface area contributed by atoms with Crippen molar-refractivity contribution < 1.29 is 9.21 Å². The van der Waals surface area contributed by atoms with Crippen molar-refractivity contribution in [3.63, 3.8) is 0 Å². The molecule has 2 aromatic heterocycles. The van der Waals surface area contributed by atoms with Crippen LogP contribution in [0.2, 0.25) is 5.02 Å². The van der Waals surface area contributed by atoms with Gasteiger partial charge in [-0.2, -0.15) is 10.2 Å². The topological polar surface area (TPSA) is 73.4 Å². The molecule has 1 aliphatic rings. The van der Waals surface area contributed by atoms with Crippen LogP contribution in [0.15, 0.2) is 46.2 Å². The van der Waals surface area contributed by atoms with Crippen LogP contribution in [0, 0.1) is 11.3 Å². The number of anilines is 1. The molecule has 29 heavy (non-hydrogen) atoms. The molecule has 8 heteroatoms. The standard InChI is InChI=1S/C21H17ClN4O2S/c22-16-5-3-15(4-6-16)20(27)25-9-11-26(12-10-25)21-18(14-23)24-19(28-21)8-7-17-2-1-13-29-17/h1-8,13H,9-12H2/b8-7+. The Kier molecular flexibility index (Phi) is 5.65. The van der Waals surface area contributed by atoms with E-state index in [1.807, 2.05) is 28.5 Å². The SMILES string of the molecule is N#Cc1nc(/C=C/c2cccs2)oc1N1CCN(C(=O)c2ccc(Cl)cc2)CC1. The largest absolute Gasteiger partial charge is 0.420 e. The number of amides is 1. The molecular weight excluding hydrogens is 408 g/mol. The summed E-state index contributed by atoms with van der Waals surface area (Å²) >= 11 is 7.50. The fraction of sp³-hybridized carbons (Fsp3) is 0.190. The minimum Gasteiger partial charge on any atom is -0.420 e. The molecule has 3 aromatic rings. The maximum atomic E-state index is 12.6. The summed E-state index contributed by atoms with van der Waals surface area (Å²) in [7, 11) is 0. The Bertz CT molecular complexity index is 1060. The number of aromatic nitrogens is 1. The number of halogens is 1. The average molecular weight is 425 g/mol. The Labute approximate surface area is 177 Å². The molecule has 1 saturated heterocycles. The minimum atomic E-state index is -0.0287. The third-order valence-corrected chi connectivity index (χ3v) is 5.70. The smallest absolute Gasteiger partial charge is 0.253 e. The number of oxazole rings is 1. The summed E-state index contributed by atoms with van der Waals surface area (Å²) in [6.07, 6.45) is 3.67. The Hall–Kier alpha value is -3.08. The molecule has 0 unspecified atom stereocenters. The molecular formula is C21H17ClN4O2S. The van der Waals surface area contributed by atoms with Crippen molar-refractivity contribution in [1.29, 1.82) is 5.26 Å². The lowest BCUT2D eigenvalue weighted by Gasteiger charge is -2.34. The first-order valence-corrected chi connectivity index (χ1v) is 10.3. The van der Waals surface area contributed by atoms with Gasteiger partial charge in [-0.15, -0.1) is 11.3 Å². The van der Waals surface area contributed by atoms with E-state index in [0.29, 0.717) is 48.5 Å². The molecule has 1 aromatic carbocycles. The number of hydrogen-bond donors (Lipinski definition) is 0. The van der Waals surface area contributed by atoms with Gasteiger partial charge in [0.25, 0.3) is 5.91 Å². The highest BCUT2D eigenvalue weighted by Crippen LogP contribution is 2.25. The molecule has 1 fully saturated rings. The highest BCUT2D eigenvalue weighted by molar-refractivity contribution is 7.10. The molecule has 3 heterocycles. The fourth-order valence-corrected chi connectivity index (χ4v) is 3.86. The quantitative estimate of drug-likeness (QED) is 0.620. The molecule has 0 N–H and O–H groups in total. The summed E-state index contributed by atoms with van der Waals surface area (Å²) in [6.45, 7) is 2.20. The molecule has 1 aliphatic heterocycles. The second-order valence-electron chi connectivity index (χ2n) is 6.45. The van der Waals surface area contributed by atoms with E-state index in [1.165, 1.54) is 0 Å². The summed E-state index contributed by atoms with van der Waals surface area (Å²) in [5.74, 6) is 0.820. The van der Waals surface area contributed by atoms with Crippen LogP contribution in [0.3, 0.4) is 0 Å². The van der Waals surface area contributed by atoms with Gasteiger partial charge in [0.05, 0.1) is 0 Å². The van der Waals surface area contributed by atoms with Gasteiger partial charge in [0.1, 0.15) is 6.07 Å². The van der Waals surface area contributed by atoms with Crippen molar-refractivity contribution in [3.8, 4) is 6.07 Å². The van der Waals surface area contributed by atoms with E-state index in [4.69, 9.17) is 16.0 Å². The van der Waals surface area contributed by atoms with E-state index in [9.17, 15) is 10.1 Å². The van der Waals surface area contributed by atoms with Crippen molar-refractivity contribution in [2.45, 2.75) is 0 Å². The van der Waals surface area contributed by atoms with Crippen LogP contribution in [0.4, 0.5) is 5.88 Å². The second kappa shape index (κ2) is 8.52. The Balaban J connectivity index is 1.43. The van der Waals surface area contributed by atoms with E-state index in [0.717, 1.165) is 4.88 Å². The van der Waals surface area contributed by atoms with Crippen LogP contribution >= 0.6 is 22.9 Å². The molecule has 0 atom stereocenters. The molecule has 0 radical (unpaired) electrons. The van der Waals surface area contributed by atoms with Crippen LogP contribution in [0.1, 0.15) is 26.8 Å². The highest BCUT2D eigenvalue weighted by Gasteiger charge is 2.26. The third-order valence-electron chi connectivity index (χ3n) is 4.61. The van der Waals surface area contributed by atoms with Gasteiger partial charge in [-0.1, -0.05) is 17.7 Å². The number of nitriles is 1. The molecule has 1 amide bonds. The maximum Gasteiger partial charge on any atom is 0.253 e. The number of benzene rings is 1. The first-order valence-electron chi connectivity index (χ1n) is 9.06. The summed E-state index contributed by atoms with van der Waals surface area (Å²) in [5.41, 5.74) is 0.870. The zero-order valence-corrected chi connectivity index (χ0v) is 17.0. The zero-order chi connectivity index (χ0) is 20.2. The molecule has 6 nitrogen and oxygen atoms in total. The van der Waals surface area contributed by atoms with Gasteiger partial charge in [-0.05, 0) is 41.8 Å². The first-order chi connectivity index (χ1) is 14.1. The predicted molar refractivity (Wildman–Crippen MR) is 114 cm³/mol. The number of carbonyl (C=O) groups excluding carboxylic acids is 1. The Morgan fingerprint density at radius 1 is 1.17 bits per heavy atom. The number of piperazine rings is 1. The van der Waals surface area contributed by atoms with Crippen molar-refractivity contribution in [1.82, 2.24) is 9.88 Å². The number of nitrogens with zero attached hydrogens (tertiary/aromatic N) is 4. The minimum absolute atomic E-state index is 0.0287. The van der Waals surface area contributed by atoms with Crippen LogP contribution in [-0.4, -0.2) is 42.0 Å². The normalized spacial score (nSPS) is 14.3. The lowest BCUT2D eigenvalue weighted by Crippen LogP contribution is -2.48.